The number of allylic oxidation sites excluding steroid dienone is 1. The zero-order chi connectivity index (χ0) is 37.8. The Hall–Kier alpha value is -4.60. The van der Waals surface area contributed by atoms with Crippen molar-refractivity contribution < 1.29 is 37.1 Å². The fraction of sp³-hybridized carbons (Fsp3) is 0.583. The minimum atomic E-state index is -4.02. The highest BCUT2D eigenvalue weighted by Gasteiger charge is 2.61. The number of nitrogens with zero attached hydrogens (tertiary/aromatic N) is 3. The molecule has 3 aliphatic rings. The normalized spacial score (nSPS) is 26.8. The van der Waals surface area contributed by atoms with Crippen molar-refractivity contribution in [2.24, 2.45) is 5.92 Å². The lowest BCUT2D eigenvalue weighted by Crippen LogP contribution is -2.58. The van der Waals surface area contributed by atoms with E-state index in [4.69, 9.17) is 4.74 Å². The topological polar surface area (TPSA) is 206 Å². The first-order valence-corrected chi connectivity index (χ1v) is 19.4. The third-order valence-corrected chi connectivity index (χ3v) is 11.6. The van der Waals surface area contributed by atoms with E-state index in [-0.39, 0.29) is 37.9 Å². The van der Waals surface area contributed by atoms with Crippen LogP contribution < -0.4 is 20.7 Å². The van der Waals surface area contributed by atoms with Crippen LogP contribution in [-0.2, 0) is 29.1 Å². The standard InChI is InChI=1S/C36H49N7O8S/c1-6-22(2)52(49,50)42-33(47)36-19-23(36)14-10-8-7-9-11-17-27(40-34(48)51-35(3,4)5)32(46)43-21-24(18-29(43)31(45)41-36)38-30(44)28-20-37-25-15-12-13-16-26(25)39-28/h10,12-16,20,22-24,27,29H,6-9,11,17-19,21H2,1-5H3,(H,38,44)(H,40,48)(H,41,45)(H,42,47)/b14-10-/t22?,23-,24-,27+,29+,36-/m1/s1. The molecule has 5 amide bonds. The number of ether oxygens (including phenoxy) is 1. The predicted octanol–water partition coefficient (Wildman–Crippen LogP) is 2.86. The number of amides is 5. The van der Waals surface area contributed by atoms with Crippen LogP contribution in [0.4, 0.5) is 4.79 Å². The lowest BCUT2D eigenvalue weighted by atomic mass is 10.0. The van der Waals surface area contributed by atoms with E-state index >= 15 is 0 Å². The van der Waals surface area contributed by atoms with Gasteiger partial charge < -0.3 is 25.6 Å². The monoisotopic (exact) mass is 739 g/mol. The molecule has 4 N–H and O–H groups in total. The van der Waals surface area contributed by atoms with Gasteiger partial charge in [0.15, 0.2) is 0 Å². The minimum absolute atomic E-state index is 0.0210. The van der Waals surface area contributed by atoms with E-state index in [1.54, 1.807) is 45.9 Å². The molecule has 2 fully saturated rings. The second-order valence-corrected chi connectivity index (χ2v) is 17.0. The van der Waals surface area contributed by atoms with Crippen LogP contribution in [0.5, 0.6) is 0 Å². The molecule has 0 spiro atoms. The van der Waals surface area contributed by atoms with E-state index < -0.39 is 80.2 Å². The highest BCUT2D eigenvalue weighted by molar-refractivity contribution is 7.90. The molecule has 6 atom stereocenters. The smallest absolute Gasteiger partial charge is 0.408 e. The number of nitrogens with one attached hydrogen (secondary N) is 4. The van der Waals surface area contributed by atoms with Gasteiger partial charge in [0.2, 0.25) is 21.8 Å². The summed E-state index contributed by atoms with van der Waals surface area (Å²) in [6, 6.07) is 4.15. The summed E-state index contributed by atoms with van der Waals surface area (Å²) in [5.41, 5.74) is -1.20. The molecular weight excluding hydrogens is 691 g/mol. The Kier molecular flexibility index (Phi) is 11.6. The van der Waals surface area contributed by atoms with Gasteiger partial charge in [-0.25, -0.2) is 18.2 Å². The summed E-state index contributed by atoms with van der Waals surface area (Å²) < 4.78 is 33.5. The highest BCUT2D eigenvalue weighted by atomic mass is 32.2. The molecule has 16 heteroatoms. The summed E-state index contributed by atoms with van der Waals surface area (Å²) in [6.07, 6.45) is 7.77. The van der Waals surface area contributed by atoms with E-state index in [1.807, 2.05) is 18.2 Å². The number of rotatable bonds is 7. The number of carbonyl (C=O) groups excluding carboxylic acids is 5. The lowest BCUT2D eigenvalue weighted by Gasteiger charge is -2.30. The third kappa shape index (κ3) is 9.06. The summed E-state index contributed by atoms with van der Waals surface area (Å²) >= 11 is 0. The number of alkyl carbamates (subject to hydrolysis) is 1. The van der Waals surface area contributed by atoms with Crippen LogP contribution in [0, 0.1) is 5.92 Å². The molecule has 1 saturated carbocycles. The number of sulfonamides is 1. The molecule has 0 bridgehead atoms. The number of hydrogen-bond acceptors (Lipinski definition) is 10. The van der Waals surface area contributed by atoms with Gasteiger partial charge in [0.1, 0.15) is 28.9 Å². The van der Waals surface area contributed by atoms with Gasteiger partial charge in [-0.2, -0.15) is 0 Å². The molecule has 5 rings (SSSR count). The van der Waals surface area contributed by atoms with E-state index in [0.29, 0.717) is 23.9 Å². The SMILES string of the molecule is CCC(C)S(=O)(=O)NC(=O)[C@@]12C[C@H]1/C=C\CCCCC[C@H](NC(=O)OC(C)(C)C)C(=O)N1C[C@H](NC(=O)c3cnc4ccccc4n3)C[C@H]1C(=O)N2. The van der Waals surface area contributed by atoms with Crippen LogP contribution in [0.1, 0.15) is 96.5 Å². The van der Waals surface area contributed by atoms with Gasteiger partial charge in [-0.1, -0.05) is 44.1 Å². The van der Waals surface area contributed by atoms with Gasteiger partial charge in [0.05, 0.1) is 22.5 Å². The molecule has 1 aromatic carbocycles. The van der Waals surface area contributed by atoms with Crippen LogP contribution in [0.2, 0.25) is 0 Å². The molecule has 1 saturated heterocycles. The molecule has 1 aliphatic carbocycles. The number of aromatic nitrogens is 2. The van der Waals surface area contributed by atoms with Gasteiger partial charge in [-0.3, -0.25) is 28.9 Å². The van der Waals surface area contributed by atoms with Crippen molar-refractivity contribution in [1.82, 2.24) is 35.5 Å². The van der Waals surface area contributed by atoms with E-state index in [9.17, 15) is 32.4 Å². The quantitative estimate of drug-likeness (QED) is 0.306. The highest BCUT2D eigenvalue weighted by Crippen LogP contribution is 2.45. The average Bonchev–Trinajstić information content (AvgIpc) is 3.62. The lowest BCUT2D eigenvalue weighted by molar-refractivity contribution is -0.141. The van der Waals surface area contributed by atoms with Crippen LogP contribution >= 0.6 is 0 Å². The molecule has 2 aromatic rings. The summed E-state index contributed by atoms with van der Waals surface area (Å²) in [5.74, 6) is -3.11. The number of para-hydroxylation sites is 2. The molecule has 52 heavy (non-hydrogen) atoms. The van der Waals surface area contributed by atoms with E-state index in [2.05, 4.69) is 30.6 Å². The third-order valence-electron chi connectivity index (χ3n) is 9.73. The second-order valence-electron chi connectivity index (χ2n) is 14.9. The largest absolute Gasteiger partial charge is 0.444 e. The molecule has 1 aromatic heterocycles. The van der Waals surface area contributed by atoms with Gasteiger partial charge in [0.25, 0.3) is 11.8 Å². The number of hydrogen-bond donors (Lipinski definition) is 4. The van der Waals surface area contributed by atoms with Crippen molar-refractivity contribution in [2.75, 3.05) is 6.54 Å². The zero-order valence-electron chi connectivity index (χ0n) is 30.3. The Morgan fingerprint density at radius 2 is 1.83 bits per heavy atom. The summed E-state index contributed by atoms with van der Waals surface area (Å²) in [5, 5.41) is 7.54. The zero-order valence-corrected chi connectivity index (χ0v) is 31.1. The van der Waals surface area contributed by atoms with Crippen molar-refractivity contribution in [3.63, 3.8) is 0 Å². The Bertz CT molecular complexity index is 1840. The fourth-order valence-electron chi connectivity index (χ4n) is 6.54. The van der Waals surface area contributed by atoms with Crippen molar-refractivity contribution >= 4 is 50.8 Å². The molecule has 282 valence electrons. The second kappa shape index (κ2) is 15.6. The number of fused-ring (bicyclic) bond motifs is 3. The predicted molar refractivity (Wildman–Crippen MR) is 192 cm³/mol. The maximum Gasteiger partial charge on any atom is 0.408 e. The first-order valence-electron chi connectivity index (χ1n) is 17.9. The number of carbonyl (C=O) groups is 5. The molecule has 0 radical (unpaired) electrons. The van der Waals surface area contributed by atoms with Gasteiger partial charge >= 0.3 is 6.09 Å². The summed E-state index contributed by atoms with van der Waals surface area (Å²) in [6.45, 7) is 8.22. The van der Waals surface area contributed by atoms with Gasteiger partial charge in [-0.05, 0) is 78.4 Å². The first kappa shape index (κ1) is 38.6. The number of benzene rings is 1. The maximum absolute atomic E-state index is 14.3. The van der Waals surface area contributed by atoms with Crippen molar-refractivity contribution in [3.8, 4) is 0 Å². The van der Waals surface area contributed by atoms with Crippen LogP contribution in [0.15, 0.2) is 42.6 Å². The minimum Gasteiger partial charge on any atom is -0.444 e. The van der Waals surface area contributed by atoms with Crippen molar-refractivity contribution in [1.29, 1.82) is 0 Å². The fourth-order valence-corrected chi connectivity index (χ4v) is 7.62. The molecule has 15 nitrogen and oxygen atoms in total. The average molecular weight is 740 g/mol. The molecular formula is C36H49N7O8S. The van der Waals surface area contributed by atoms with Crippen LogP contribution in [0.3, 0.4) is 0 Å². The summed E-state index contributed by atoms with van der Waals surface area (Å²) in [4.78, 5) is 78.6. The van der Waals surface area contributed by atoms with Crippen LogP contribution in [0.25, 0.3) is 11.0 Å². The van der Waals surface area contributed by atoms with Gasteiger partial charge in [-0.15, -0.1) is 0 Å². The van der Waals surface area contributed by atoms with Crippen molar-refractivity contribution in [2.45, 2.75) is 121 Å². The maximum atomic E-state index is 14.3. The van der Waals surface area contributed by atoms with Crippen molar-refractivity contribution in [3.05, 3.63) is 48.3 Å². The van der Waals surface area contributed by atoms with E-state index in [0.717, 1.165) is 12.8 Å². The summed E-state index contributed by atoms with van der Waals surface area (Å²) in [7, 11) is -4.02. The Labute approximate surface area is 304 Å². The molecule has 2 aliphatic heterocycles. The Morgan fingerprint density at radius 1 is 1.10 bits per heavy atom. The van der Waals surface area contributed by atoms with Crippen LogP contribution in [-0.4, -0.2) is 94.1 Å². The molecule has 3 heterocycles. The Balaban J connectivity index is 1.44. The molecule has 1 unspecified atom stereocenters. The van der Waals surface area contributed by atoms with E-state index in [1.165, 1.54) is 18.0 Å². The first-order chi connectivity index (χ1) is 24.5. The Morgan fingerprint density at radius 3 is 2.54 bits per heavy atom. The van der Waals surface area contributed by atoms with Gasteiger partial charge in [0, 0.05) is 18.5 Å².